The van der Waals surface area contributed by atoms with Crippen molar-refractivity contribution in [2.45, 2.75) is 13.2 Å². The number of urea groups is 1. The quantitative estimate of drug-likeness (QED) is 0.828. The van der Waals surface area contributed by atoms with E-state index in [1.54, 1.807) is 25.2 Å². The van der Waals surface area contributed by atoms with E-state index < -0.39 is 0 Å². The van der Waals surface area contributed by atoms with Crippen LogP contribution in [0.2, 0.25) is 0 Å². The Morgan fingerprint density at radius 3 is 2.42 bits per heavy atom. The number of benzene rings is 1. The number of nitrogens with zero attached hydrogens (tertiary/aromatic N) is 4. The third kappa shape index (κ3) is 4.95. The van der Waals surface area contributed by atoms with Gasteiger partial charge in [0.05, 0.1) is 5.69 Å². The van der Waals surface area contributed by atoms with Crippen LogP contribution >= 0.6 is 0 Å². The number of ether oxygens (including phenoxy) is 1. The number of amides is 2. The Morgan fingerprint density at radius 1 is 1.08 bits per heavy atom. The molecular weight excluding hydrogens is 328 g/mol. The lowest BCUT2D eigenvalue weighted by atomic mass is 10.2. The maximum atomic E-state index is 12.0. The van der Waals surface area contributed by atoms with Crippen LogP contribution in [0.3, 0.4) is 0 Å². The SMILES string of the molecule is CN(C)C(=O)N1CCN(Cc2ccc(OCc3ccccn3)cc2)CC1. The average molecular weight is 354 g/mol. The van der Waals surface area contributed by atoms with E-state index in [1.807, 2.05) is 35.2 Å². The van der Waals surface area contributed by atoms with Gasteiger partial charge in [0.15, 0.2) is 0 Å². The zero-order valence-corrected chi connectivity index (χ0v) is 15.5. The van der Waals surface area contributed by atoms with Crippen LogP contribution in [0.25, 0.3) is 0 Å². The Morgan fingerprint density at radius 2 is 1.81 bits per heavy atom. The molecule has 6 heteroatoms. The van der Waals surface area contributed by atoms with Gasteiger partial charge >= 0.3 is 6.03 Å². The molecule has 26 heavy (non-hydrogen) atoms. The van der Waals surface area contributed by atoms with E-state index in [0.717, 1.165) is 44.2 Å². The van der Waals surface area contributed by atoms with E-state index in [1.165, 1.54) is 5.56 Å². The topological polar surface area (TPSA) is 48.9 Å². The van der Waals surface area contributed by atoms with Crippen LogP contribution in [-0.2, 0) is 13.2 Å². The highest BCUT2D eigenvalue weighted by molar-refractivity contribution is 5.73. The molecule has 0 unspecified atom stereocenters. The van der Waals surface area contributed by atoms with Gasteiger partial charge in [-0.15, -0.1) is 0 Å². The fourth-order valence-electron chi connectivity index (χ4n) is 2.97. The van der Waals surface area contributed by atoms with Crippen molar-refractivity contribution in [3.63, 3.8) is 0 Å². The second-order valence-electron chi connectivity index (χ2n) is 6.69. The Kier molecular flexibility index (Phi) is 6.07. The Bertz CT molecular complexity index is 696. The normalized spacial score (nSPS) is 14.9. The summed E-state index contributed by atoms with van der Waals surface area (Å²) in [6.45, 7) is 4.73. The number of carbonyl (C=O) groups excluding carboxylic acids is 1. The van der Waals surface area contributed by atoms with E-state index in [4.69, 9.17) is 4.74 Å². The molecule has 1 aliphatic heterocycles. The van der Waals surface area contributed by atoms with Crippen molar-refractivity contribution in [1.82, 2.24) is 19.7 Å². The lowest BCUT2D eigenvalue weighted by Gasteiger charge is -2.35. The van der Waals surface area contributed by atoms with Crippen LogP contribution in [0.5, 0.6) is 5.75 Å². The lowest BCUT2D eigenvalue weighted by Crippen LogP contribution is -2.51. The van der Waals surface area contributed by atoms with E-state index in [9.17, 15) is 4.79 Å². The standard InChI is InChI=1S/C20H26N4O2/c1-22(2)20(25)24-13-11-23(12-14-24)15-17-6-8-19(9-7-17)26-16-18-5-3-4-10-21-18/h3-10H,11-16H2,1-2H3. The average Bonchev–Trinajstić information content (AvgIpc) is 2.68. The third-order valence-electron chi connectivity index (χ3n) is 4.47. The molecule has 0 aliphatic carbocycles. The van der Waals surface area contributed by atoms with Gasteiger partial charge < -0.3 is 14.5 Å². The van der Waals surface area contributed by atoms with E-state index in [0.29, 0.717) is 6.61 Å². The predicted molar refractivity (Wildman–Crippen MR) is 101 cm³/mol. The number of pyridine rings is 1. The summed E-state index contributed by atoms with van der Waals surface area (Å²) in [6, 6.07) is 14.1. The van der Waals surface area contributed by atoms with E-state index >= 15 is 0 Å². The number of carbonyl (C=O) groups is 1. The number of piperazine rings is 1. The maximum absolute atomic E-state index is 12.0. The molecule has 0 spiro atoms. The molecule has 3 rings (SSSR count). The monoisotopic (exact) mass is 354 g/mol. The van der Waals surface area contributed by atoms with Gasteiger partial charge in [-0.2, -0.15) is 0 Å². The second-order valence-corrected chi connectivity index (χ2v) is 6.69. The molecule has 6 nitrogen and oxygen atoms in total. The minimum Gasteiger partial charge on any atom is -0.487 e. The zero-order valence-electron chi connectivity index (χ0n) is 15.5. The van der Waals surface area contributed by atoms with Crippen molar-refractivity contribution in [1.29, 1.82) is 0 Å². The van der Waals surface area contributed by atoms with Gasteiger partial charge in [-0.05, 0) is 29.8 Å². The molecular formula is C20H26N4O2. The molecule has 1 aromatic carbocycles. The first-order valence-electron chi connectivity index (χ1n) is 8.92. The van der Waals surface area contributed by atoms with Crippen LogP contribution in [0.15, 0.2) is 48.7 Å². The maximum Gasteiger partial charge on any atom is 0.319 e. The molecule has 0 N–H and O–H groups in total. The van der Waals surface area contributed by atoms with Crippen LogP contribution in [-0.4, -0.2) is 66.0 Å². The highest BCUT2D eigenvalue weighted by Gasteiger charge is 2.21. The van der Waals surface area contributed by atoms with Crippen LogP contribution < -0.4 is 4.74 Å². The van der Waals surface area contributed by atoms with Crippen molar-refractivity contribution in [2.75, 3.05) is 40.3 Å². The van der Waals surface area contributed by atoms with Gasteiger partial charge in [0.2, 0.25) is 0 Å². The summed E-state index contributed by atoms with van der Waals surface area (Å²) in [5, 5.41) is 0. The Balaban J connectivity index is 1.45. The molecule has 2 heterocycles. The smallest absolute Gasteiger partial charge is 0.319 e. The van der Waals surface area contributed by atoms with Crippen LogP contribution in [0.1, 0.15) is 11.3 Å². The minimum atomic E-state index is 0.0963. The molecule has 2 amide bonds. The first kappa shape index (κ1) is 18.2. The minimum absolute atomic E-state index is 0.0963. The highest BCUT2D eigenvalue weighted by Crippen LogP contribution is 2.16. The van der Waals surface area contributed by atoms with Gasteiger partial charge in [0.1, 0.15) is 12.4 Å². The molecule has 0 saturated carbocycles. The predicted octanol–water partition coefficient (Wildman–Crippen LogP) is 2.46. The first-order valence-corrected chi connectivity index (χ1v) is 8.92. The fraction of sp³-hybridized carbons (Fsp3) is 0.400. The van der Waals surface area contributed by atoms with Crippen molar-refractivity contribution in [3.05, 3.63) is 59.9 Å². The number of rotatable bonds is 5. The van der Waals surface area contributed by atoms with Crippen molar-refractivity contribution >= 4 is 6.03 Å². The number of hydrogen-bond acceptors (Lipinski definition) is 4. The second kappa shape index (κ2) is 8.67. The molecule has 138 valence electrons. The number of aromatic nitrogens is 1. The van der Waals surface area contributed by atoms with E-state index in [2.05, 4.69) is 22.0 Å². The van der Waals surface area contributed by atoms with Gasteiger partial charge in [0.25, 0.3) is 0 Å². The molecule has 1 fully saturated rings. The summed E-state index contributed by atoms with van der Waals surface area (Å²) < 4.78 is 5.77. The zero-order chi connectivity index (χ0) is 18.4. The number of hydrogen-bond donors (Lipinski definition) is 0. The summed E-state index contributed by atoms with van der Waals surface area (Å²) in [4.78, 5) is 22.2. The molecule has 1 aromatic heterocycles. The molecule has 1 aliphatic rings. The van der Waals surface area contributed by atoms with Gasteiger partial charge in [-0.3, -0.25) is 9.88 Å². The first-order chi connectivity index (χ1) is 12.6. The van der Waals surface area contributed by atoms with Gasteiger partial charge in [-0.25, -0.2) is 4.79 Å². The third-order valence-corrected chi connectivity index (χ3v) is 4.47. The molecule has 0 radical (unpaired) electrons. The molecule has 0 atom stereocenters. The van der Waals surface area contributed by atoms with E-state index in [-0.39, 0.29) is 6.03 Å². The summed E-state index contributed by atoms with van der Waals surface area (Å²) >= 11 is 0. The summed E-state index contributed by atoms with van der Waals surface area (Å²) in [6.07, 6.45) is 1.77. The summed E-state index contributed by atoms with van der Waals surface area (Å²) in [5.74, 6) is 0.848. The largest absolute Gasteiger partial charge is 0.487 e. The van der Waals surface area contributed by atoms with Crippen molar-refractivity contribution < 1.29 is 9.53 Å². The summed E-state index contributed by atoms with van der Waals surface area (Å²) in [5.41, 5.74) is 2.17. The molecule has 0 bridgehead atoms. The Labute approximate surface area is 155 Å². The van der Waals surface area contributed by atoms with Crippen LogP contribution in [0, 0.1) is 0 Å². The molecule has 2 aromatic rings. The highest BCUT2D eigenvalue weighted by atomic mass is 16.5. The Hall–Kier alpha value is -2.60. The lowest BCUT2D eigenvalue weighted by molar-refractivity contribution is 0.120. The van der Waals surface area contributed by atoms with Gasteiger partial charge in [0, 0.05) is 53.0 Å². The van der Waals surface area contributed by atoms with Crippen molar-refractivity contribution in [3.8, 4) is 5.75 Å². The fourth-order valence-corrected chi connectivity index (χ4v) is 2.97. The summed E-state index contributed by atoms with van der Waals surface area (Å²) in [7, 11) is 3.60. The van der Waals surface area contributed by atoms with Gasteiger partial charge in [-0.1, -0.05) is 18.2 Å². The molecule has 1 saturated heterocycles. The van der Waals surface area contributed by atoms with Crippen LogP contribution in [0.4, 0.5) is 4.79 Å². The van der Waals surface area contributed by atoms with Crippen molar-refractivity contribution in [2.24, 2.45) is 0 Å².